The minimum Gasteiger partial charge on any atom is -0.462 e. The zero-order valence-corrected chi connectivity index (χ0v) is 41.3. The Labute approximate surface area is 398 Å². The number of aliphatic hydroxyl groups excluding tert-OH is 4. The first-order valence-corrected chi connectivity index (χ1v) is 26.8. The van der Waals surface area contributed by atoms with Crippen molar-refractivity contribution in [2.75, 3.05) is 25.6 Å². The normalized spacial score (nSPS) is 30.7. The van der Waals surface area contributed by atoms with Gasteiger partial charge >= 0.3 is 33.3 Å². The number of fused-ring (bicyclic) bond motifs is 3. The molecule has 1 aromatic heterocycles. The van der Waals surface area contributed by atoms with Crippen LogP contribution in [-0.4, -0.2) is 114 Å². The van der Waals surface area contributed by atoms with Gasteiger partial charge in [0.25, 0.3) is 0 Å². The SMILES string of the molecule is CCCCC[C@H](O)/C=C/[C@H]1C(=O)C[C@H](O)[C@@H]2CC=CCCCC(=O)O[C@H](COC(=O)CCCCCCCCC(C)CC)COP(=O)(O)OP(=O)(O)OC[C@@H](O[C@H]2n2ccc(N)nc2=O)[C@@H](O)[C@H]1O. The van der Waals surface area contributed by atoms with Gasteiger partial charge in [-0.05, 0) is 44.1 Å². The summed E-state index contributed by atoms with van der Waals surface area (Å²) in [4.78, 5) is 77.7. The lowest BCUT2D eigenvalue weighted by Crippen LogP contribution is -2.51. The van der Waals surface area contributed by atoms with E-state index in [9.17, 15) is 58.5 Å². The van der Waals surface area contributed by atoms with E-state index in [0.29, 0.717) is 25.2 Å². The summed E-state index contributed by atoms with van der Waals surface area (Å²) < 4.78 is 58.6. The molecule has 1 aromatic rings. The molecule has 3 heterocycles. The second kappa shape index (κ2) is 30.5. The average molecular weight is 1010 g/mol. The minimum absolute atomic E-state index is 0.0753. The first-order valence-electron chi connectivity index (χ1n) is 23.8. The van der Waals surface area contributed by atoms with Gasteiger partial charge in [-0.25, -0.2) is 13.9 Å². The van der Waals surface area contributed by atoms with Gasteiger partial charge in [0.05, 0.1) is 37.4 Å². The third kappa shape index (κ3) is 21.9. The lowest BCUT2D eigenvalue weighted by atomic mass is 9.83. The molecule has 12 atom stereocenters. The maximum Gasteiger partial charge on any atom is 0.481 e. The van der Waals surface area contributed by atoms with E-state index >= 15 is 0 Å². The van der Waals surface area contributed by atoms with Gasteiger partial charge in [-0.15, -0.1) is 0 Å². The molecule has 3 unspecified atom stereocenters. The number of aromatic nitrogens is 2. The van der Waals surface area contributed by atoms with E-state index < -0.39 is 120 Å². The summed E-state index contributed by atoms with van der Waals surface area (Å²) in [6, 6.07) is 1.22. The number of unbranched alkanes of at least 4 members (excludes halogenated alkanes) is 7. The third-order valence-corrected chi connectivity index (χ3v) is 14.5. The fourth-order valence-corrected chi connectivity index (χ4v) is 9.80. The van der Waals surface area contributed by atoms with Crippen LogP contribution >= 0.6 is 15.6 Å². The van der Waals surface area contributed by atoms with Crippen molar-refractivity contribution in [1.29, 1.82) is 0 Å². The van der Waals surface area contributed by atoms with Gasteiger partial charge in [0.15, 0.2) is 6.10 Å². The van der Waals surface area contributed by atoms with Gasteiger partial charge in [-0.2, -0.15) is 9.29 Å². The first kappa shape index (κ1) is 59.1. The molecular formula is C45H75N3O18P2. The van der Waals surface area contributed by atoms with Crippen molar-refractivity contribution in [3.8, 4) is 0 Å². The van der Waals surface area contributed by atoms with Crippen LogP contribution in [0.15, 0.2) is 41.4 Å². The molecule has 2 bridgehead atoms. The van der Waals surface area contributed by atoms with Crippen LogP contribution in [0.3, 0.4) is 0 Å². The summed E-state index contributed by atoms with van der Waals surface area (Å²) in [6.07, 6.45) is 5.08. The first-order chi connectivity index (χ1) is 32.3. The molecule has 21 nitrogen and oxygen atoms in total. The number of Topliss-reactive ketones (excluding diaryl/α,β-unsaturated/α-hetero) is 1. The number of nitrogens with zero attached hydrogens (tertiary/aromatic N) is 2. The van der Waals surface area contributed by atoms with Gasteiger partial charge < -0.3 is 50.2 Å². The number of hydrogen-bond donors (Lipinski definition) is 7. The smallest absolute Gasteiger partial charge is 0.462 e. The number of rotatable bonds is 19. The molecular weight excluding hydrogens is 932 g/mol. The fraction of sp³-hybridized carbons (Fsp3) is 0.756. The number of nitrogen functional groups attached to an aromatic ring is 1. The number of nitrogens with two attached hydrogens (primary N) is 1. The predicted molar refractivity (Wildman–Crippen MR) is 248 cm³/mol. The zero-order chi connectivity index (χ0) is 50.3. The monoisotopic (exact) mass is 1010 g/mol. The van der Waals surface area contributed by atoms with E-state index in [1.807, 2.05) is 6.92 Å². The molecule has 68 heavy (non-hydrogen) atoms. The fourth-order valence-electron chi connectivity index (χ4n) is 7.69. The van der Waals surface area contributed by atoms with Crippen LogP contribution in [0.4, 0.5) is 5.82 Å². The van der Waals surface area contributed by atoms with Crippen molar-refractivity contribution in [3.05, 3.63) is 47.1 Å². The lowest BCUT2D eigenvalue weighted by molar-refractivity contribution is -0.186. The highest BCUT2D eigenvalue weighted by atomic mass is 31.3. The highest BCUT2D eigenvalue weighted by Gasteiger charge is 2.45. The van der Waals surface area contributed by atoms with Crippen molar-refractivity contribution in [2.24, 2.45) is 17.8 Å². The largest absolute Gasteiger partial charge is 0.481 e. The van der Waals surface area contributed by atoms with Crippen LogP contribution in [0, 0.1) is 17.8 Å². The topological polar surface area (TPSA) is 323 Å². The molecule has 8 N–H and O–H groups in total. The molecule has 0 spiro atoms. The molecule has 0 aromatic carbocycles. The molecule has 2 aliphatic rings. The molecule has 388 valence electrons. The zero-order valence-electron chi connectivity index (χ0n) is 39.5. The number of hydrogen-bond acceptors (Lipinski definition) is 18. The number of carbonyl (C=O) groups is 3. The van der Waals surface area contributed by atoms with Crippen molar-refractivity contribution in [1.82, 2.24) is 9.55 Å². The second-order valence-electron chi connectivity index (χ2n) is 17.6. The molecule has 1 saturated heterocycles. The number of anilines is 1. The Bertz CT molecular complexity index is 1920. The Morgan fingerprint density at radius 3 is 2.32 bits per heavy atom. The van der Waals surface area contributed by atoms with E-state index in [1.165, 1.54) is 24.6 Å². The number of aliphatic hydroxyl groups is 4. The van der Waals surface area contributed by atoms with E-state index in [2.05, 4.69) is 23.1 Å². The van der Waals surface area contributed by atoms with Gasteiger partial charge in [-0.1, -0.05) is 109 Å². The molecule has 0 aliphatic carbocycles. The Kier molecular flexibility index (Phi) is 26.6. The Morgan fingerprint density at radius 1 is 0.956 bits per heavy atom. The number of phosphoric ester groups is 2. The molecule has 1 fully saturated rings. The Hall–Kier alpha value is -3.17. The quantitative estimate of drug-likeness (QED) is 0.0389. The van der Waals surface area contributed by atoms with Crippen molar-refractivity contribution >= 4 is 39.2 Å². The summed E-state index contributed by atoms with van der Waals surface area (Å²) in [5, 5.41) is 45.6. The van der Waals surface area contributed by atoms with Gasteiger partial charge in [0.1, 0.15) is 36.6 Å². The number of carbonyl (C=O) groups excluding carboxylic acids is 3. The third-order valence-electron chi connectivity index (χ3n) is 11.9. The number of ether oxygens (including phenoxy) is 3. The summed E-state index contributed by atoms with van der Waals surface area (Å²) >= 11 is 0. The number of ketones is 1. The number of phosphoric acid groups is 2. The summed E-state index contributed by atoms with van der Waals surface area (Å²) in [6.45, 7) is 3.64. The Morgan fingerprint density at radius 2 is 1.63 bits per heavy atom. The number of cyclic esters (lactones) is 1. The molecule has 0 saturated carbocycles. The summed E-state index contributed by atoms with van der Waals surface area (Å²) in [5.74, 6) is -4.51. The summed E-state index contributed by atoms with van der Waals surface area (Å²) in [5.41, 5.74) is 4.73. The van der Waals surface area contributed by atoms with Gasteiger partial charge in [-0.3, -0.25) is 28.0 Å². The number of allylic oxidation sites excluding steroid dienone is 2. The van der Waals surface area contributed by atoms with Crippen molar-refractivity contribution < 1.29 is 81.3 Å². The van der Waals surface area contributed by atoms with E-state index in [4.69, 9.17) is 29.0 Å². The molecule has 23 heteroatoms. The van der Waals surface area contributed by atoms with Crippen LogP contribution in [0.25, 0.3) is 0 Å². The minimum atomic E-state index is -5.71. The molecule has 2 aliphatic heterocycles. The number of esters is 2. The lowest BCUT2D eigenvalue weighted by Gasteiger charge is -2.39. The van der Waals surface area contributed by atoms with Crippen molar-refractivity contribution in [3.63, 3.8) is 0 Å². The highest BCUT2D eigenvalue weighted by Crippen LogP contribution is 2.60. The maximum absolute atomic E-state index is 13.9. The molecule has 0 amide bonds. The molecule has 0 radical (unpaired) electrons. The van der Waals surface area contributed by atoms with Crippen LogP contribution < -0.4 is 11.4 Å². The van der Waals surface area contributed by atoms with E-state index in [-0.39, 0.29) is 37.9 Å². The highest BCUT2D eigenvalue weighted by molar-refractivity contribution is 7.61. The second-order valence-corrected chi connectivity index (χ2v) is 20.7. The van der Waals surface area contributed by atoms with Crippen LogP contribution in [0.2, 0.25) is 0 Å². The van der Waals surface area contributed by atoms with Gasteiger partial charge in [0.2, 0.25) is 0 Å². The van der Waals surface area contributed by atoms with E-state index in [1.54, 1.807) is 12.2 Å². The van der Waals surface area contributed by atoms with Crippen LogP contribution in [0.5, 0.6) is 0 Å². The summed E-state index contributed by atoms with van der Waals surface area (Å²) in [7, 11) is -11.3. The maximum atomic E-state index is 13.9. The van der Waals surface area contributed by atoms with Crippen LogP contribution in [0.1, 0.15) is 143 Å². The standard InChI is InChI=1S/C45H75N3O18P2/c1-4-6-13-19-32(49)23-24-34-36(50)27-37(51)35-20-15-11-12-17-22-41(53)64-33(28-61-40(52)21-16-10-8-7-9-14-18-31(3)5-2)29-62-67(57,58)66-68(59,60)63-30-38(43(55)42(34)54)65-44(35)48-26-25-39(46)47-45(48)56/h11,15,23-26,31-35,37-38,42-44,49,51,54-55H,4-10,12-14,16-22,27-30H2,1-3H3,(H,57,58)(H,59,60)(H2,46,47,56)/b15-11?,24-23+/t31?,32-,33+,34-,35-,37-,38+,42-,43+,44+/m0/s1. The van der Waals surface area contributed by atoms with Crippen molar-refractivity contribution in [2.45, 2.75) is 179 Å². The van der Waals surface area contributed by atoms with Crippen LogP contribution in [-0.2, 0) is 51.1 Å². The average Bonchev–Trinajstić information content (AvgIpc) is 3.27. The van der Waals surface area contributed by atoms with E-state index in [0.717, 1.165) is 62.1 Å². The Balaban J connectivity index is 1.90. The van der Waals surface area contributed by atoms with Gasteiger partial charge in [0, 0.05) is 31.4 Å². The molecule has 3 rings (SSSR count). The predicted octanol–water partition coefficient (Wildman–Crippen LogP) is 5.50.